The molecule has 0 bridgehead atoms. The molecule has 12 heteroatoms. The molecule has 0 radical (unpaired) electrons. The van der Waals surface area contributed by atoms with Gasteiger partial charge in [0.2, 0.25) is 11.8 Å². The summed E-state index contributed by atoms with van der Waals surface area (Å²) in [5.74, 6) is 2.38. The van der Waals surface area contributed by atoms with Crippen molar-refractivity contribution in [1.29, 1.82) is 0 Å². The molecule has 352 valence electrons. The molecular weight excluding hydrogens is 877 g/mol. The molecule has 2 saturated carbocycles. The highest BCUT2D eigenvalue weighted by Gasteiger charge is 2.66. The summed E-state index contributed by atoms with van der Waals surface area (Å²) in [6, 6.07) is 29.9. The maximum absolute atomic E-state index is 14.2. The molecule has 2 aromatic heterocycles. The molecule has 4 unspecified atom stereocenters. The molecule has 2 spiro atoms. The molecule has 10 nitrogen and oxygen atoms in total. The third kappa shape index (κ3) is 6.16. The summed E-state index contributed by atoms with van der Waals surface area (Å²) in [5, 5.41) is 2.01. The van der Waals surface area contributed by atoms with Gasteiger partial charge in [0.25, 0.3) is 20.0 Å². The highest BCUT2D eigenvalue weighted by molar-refractivity contribution is 7.90. The maximum atomic E-state index is 14.2. The van der Waals surface area contributed by atoms with Crippen LogP contribution in [0.25, 0.3) is 21.8 Å². The Kier molecular flexibility index (Phi) is 10.8. The molecule has 6 heterocycles. The number of carbonyl (C=O) groups is 2. The number of hydrogen-bond acceptors (Lipinski definition) is 6. The van der Waals surface area contributed by atoms with Crippen LogP contribution in [-0.2, 0) is 53.6 Å². The van der Waals surface area contributed by atoms with Crippen LogP contribution in [0.4, 0.5) is 0 Å². The summed E-state index contributed by atoms with van der Waals surface area (Å²) >= 11 is 0. The molecular formula is C55H64N4O6S2. The van der Waals surface area contributed by atoms with Crippen LogP contribution in [0.3, 0.4) is 0 Å². The van der Waals surface area contributed by atoms with Gasteiger partial charge in [-0.15, -0.1) is 0 Å². The molecule has 4 aliphatic heterocycles. The SMILES string of the molecule is C.CC[C@@H]1C2CC(=O)N3CCc4c(n(S(=O)(=O)c5ccc(C)cc5)c5ccccc45)C23C[C@H]1C.CC[C@H]1C2CC(=O)N3CCc4c(n(S(=O)(=O)c5ccc(C)cc5)c5ccccc45)C23C[C@@H]1C. The van der Waals surface area contributed by atoms with E-state index in [2.05, 4.69) is 27.7 Å². The Bertz CT molecular complexity index is 2990. The molecule has 67 heavy (non-hydrogen) atoms. The number of hydrogen-bond donors (Lipinski definition) is 0. The summed E-state index contributed by atoms with van der Waals surface area (Å²) in [6.07, 6.45) is 6.10. The van der Waals surface area contributed by atoms with Crippen molar-refractivity contribution >= 4 is 53.7 Å². The fourth-order valence-electron chi connectivity index (χ4n) is 14.7. The van der Waals surface area contributed by atoms with Crippen LogP contribution in [-0.4, -0.2) is 59.5 Å². The van der Waals surface area contributed by atoms with Crippen LogP contribution in [0.2, 0.25) is 0 Å². The second-order valence-corrected chi connectivity index (χ2v) is 24.0. The summed E-state index contributed by atoms with van der Waals surface area (Å²) in [6.45, 7) is 14.2. The van der Waals surface area contributed by atoms with Gasteiger partial charge in [0, 0.05) is 36.7 Å². The highest BCUT2D eigenvalue weighted by atomic mass is 32.2. The number of para-hydroxylation sites is 2. The van der Waals surface area contributed by atoms with Gasteiger partial charge < -0.3 is 9.80 Å². The first kappa shape index (κ1) is 45.6. The van der Waals surface area contributed by atoms with Gasteiger partial charge in [0.1, 0.15) is 0 Å². The van der Waals surface area contributed by atoms with E-state index < -0.39 is 31.1 Å². The van der Waals surface area contributed by atoms with Crippen LogP contribution in [0.15, 0.2) is 107 Å². The summed E-state index contributed by atoms with van der Waals surface area (Å²) < 4.78 is 60.2. The number of rotatable bonds is 6. The second-order valence-electron chi connectivity index (χ2n) is 20.4. The lowest BCUT2D eigenvalue weighted by molar-refractivity contribution is -0.133. The van der Waals surface area contributed by atoms with Crippen molar-refractivity contribution in [2.45, 2.75) is 121 Å². The zero-order chi connectivity index (χ0) is 46.2. The van der Waals surface area contributed by atoms with E-state index in [0.717, 1.165) is 81.1 Å². The molecule has 4 fully saturated rings. The largest absolute Gasteiger partial charge is 0.331 e. The van der Waals surface area contributed by atoms with Crippen LogP contribution in [0.5, 0.6) is 0 Å². The van der Waals surface area contributed by atoms with E-state index in [1.54, 1.807) is 32.2 Å². The van der Waals surface area contributed by atoms with Crippen molar-refractivity contribution < 1.29 is 26.4 Å². The predicted octanol–water partition coefficient (Wildman–Crippen LogP) is 10.3. The van der Waals surface area contributed by atoms with E-state index in [0.29, 0.717) is 72.2 Å². The van der Waals surface area contributed by atoms with E-state index in [-0.39, 0.29) is 31.1 Å². The third-order valence-electron chi connectivity index (χ3n) is 17.3. The fraction of sp³-hybridized carbons (Fsp3) is 0.455. The number of nitrogens with zero attached hydrogens (tertiary/aromatic N) is 4. The minimum atomic E-state index is -3.84. The molecule has 2 amide bonds. The number of benzene rings is 4. The molecule has 6 aromatic rings. The smallest absolute Gasteiger partial charge is 0.268 e. The van der Waals surface area contributed by atoms with Gasteiger partial charge in [-0.2, -0.15) is 0 Å². The Morgan fingerprint density at radius 3 is 1.27 bits per heavy atom. The minimum absolute atomic E-state index is 0. The number of aromatic nitrogens is 2. The number of aryl methyl sites for hydroxylation is 2. The lowest BCUT2D eigenvalue weighted by atomic mass is 9.77. The van der Waals surface area contributed by atoms with Gasteiger partial charge in [0.05, 0.1) is 43.3 Å². The van der Waals surface area contributed by atoms with Crippen molar-refractivity contribution in [2.75, 3.05) is 13.1 Å². The number of fused-ring (bicyclic) bond motifs is 6. The van der Waals surface area contributed by atoms with E-state index in [1.807, 2.05) is 96.4 Å². The summed E-state index contributed by atoms with van der Waals surface area (Å²) in [4.78, 5) is 31.2. The molecule has 2 saturated heterocycles. The van der Waals surface area contributed by atoms with Crippen LogP contribution in [0, 0.1) is 49.4 Å². The van der Waals surface area contributed by atoms with Crippen molar-refractivity contribution in [3.8, 4) is 0 Å². The maximum Gasteiger partial charge on any atom is 0.268 e. The fourth-order valence-corrected chi connectivity index (χ4v) is 18.0. The first-order chi connectivity index (χ1) is 31.6. The zero-order valence-corrected chi connectivity index (χ0v) is 40.5. The van der Waals surface area contributed by atoms with Gasteiger partial charge in [-0.25, -0.2) is 24.8 Å². The second kappa shape index (κ2) is 15.9. The van der Waals surface area contributed by atoms with Crippen molar-refractivity contribution in [1.82, 2.24) is 17.7 Å². The lowest BCUT2D eigenvalue weighted by Gasteiger charge is -2.44. The molecule has 6 aliphatic rings. The molecule has 4 aromatic carbocycles. The Morgan fingerprint density at radius 2 is 0.910 bits per heavy atom. The first-order valence-corrected chi connectivity index (χ1v) is 27.0. The highest BCUT2D eigenvalue weighted by Crippen LogP contribution is 2.64. The lowest BCUT2D eigenvalue weighted by Crippen LogP contribution is -2.51. The van der Waals surface area contributed by atoms with Crippen LogP contribution >= 0.6 is 0 Å². The topological polar surface area (TPSA) is 119 Å². The van der Waals surface area contributed by atoms with E-state index in [9.17, 15) is 26.4 Å². The molecule has 0 N–H and O–H groups in total. The quantitative estimate of drug-likeness (QED) is 0.164. The Labute approximate surface area is 396 Å². The van der Waals surface area contributed by atoms with E-state index in [4.69, 9.17) is 0 Å². The molecule has 2 aliphatic carbocycles. The Hall–Kier alpha value is -5.20. The van der Waals surface area contributed by atoms with Crippen LogP contribution in [0.1, 0.15) is 107 Å². The average Bonchev–Trinajstić information content (AvgIpc) is 4.10. The minimum Gasteiger partial charge on any atom is -0.331 e. The number of carbonyl (C=O) groups excluding carboxylic acids is 2. The van der Waals surface area contributed by atoms with Crippen molar-refractivity contribution in [3.05, 3.63) is 131 Å². The monoisotopic (exact) mass is 940 g/mol. The third-order valence-corrected chi connectivity index (χ3v) is 20.7. The van der Waals surface area contributed by atoms with Gasteiger partial charge >= 0.3 is 0 Å². The van der Waals surface area contributed by atoms with E-state index in [1.165, 1.54) is 0 Å². The normalized spacial score (nSPS) is 28.3. The predicted molar refractivity (Wildman–Crippen MR) is 264 cm³/mol. The van der Waals surface area contributed by atoms with Gasteiger partial charge in [0.15, 0.2) is 0 Å². The van der Waals surface area contributed by atoms with E-state index >= 15 is 0 Å². The Balaban J connectivity index is 0.000000154. The number of amides is 2. The molecule has 8 atom stereocenters. The average molecular weight is 941 g/mol. The summed E-state index contributed by atoms with van der Waals surface area (Å²) in [5.41, 5.74) is 6.36. The van der Waals surface area contributed by atoms with Crippen molar-refractivity contribution in [2.24, 2.45) is 35.5 Å². The standard InChI is InChI=1S/2C27H30N2O3S.CH4/c2*1-4-20-18(3)16-27-23(20)15-25(30)28(27)14-13-22-21-7-5-6-8-24(21)29(26(22)27)33(31,32)19-11-9-17(2)10-12-19;/h2*5-12,18,20,23H,4,13-16H2,1-3H3;1H4/t2*18-,20+,23?,27?;/m10./s1. The molecule has 12 rings (SSSR count). The Morgan fingerprint density at radius 1 is 0.552 bits per heavy atom. The van der Waals surface area contributed by atoms with Gasteiger partial charge in [-0.05, 0) is 123 Å². The van der Waals surface area contributed by atoms with Gasteiger partial charge in [-0.1, -0.05) is 120 Å². The first-order valence-electron chi connectivity index (χ1n) is 24.1. The van der Waals surface area contributed by atoms with Gasteiger partial charge in [-0.3, -0.25) is 9.59 Å². The zero-order valence-electron chi connectivity index (χ0n) is 38.8. The van der Waals surface area contributed by atoms with Crippen molar-refractivity contribution in [3.63, 3.8) is 0 Å². The van der Waals surface area contributed by atoms with Crippen LogP contribution < -0.4 is 0 Å². The summed E-state index contributed by atoms with van der Waals surface area (Å²) in [7, 11) is -7.69.